The van der Waals surface area contributed by atoms with Crippen LogP contribution in [-0.4, -0.2) is 42.0 Å². The highest BCUT2D eigenvalue weighted by Crippen LogP contribution is 2.37. The Bertz CT molecular complexity index is 730. The number of benzene rings is 1. The summed E-state index contributed by atoms with van der Waals surface area (Å²) in [6, 6.07) is 5.71. The molecule has 2 rings (SSSR count). The van der Waals surface area contributed by atoms with Crippen LogP contribution in [0.1, 0.15) is 25.3 Å². The highest BCUT2D eigenvalue weighted by Gasteiger charge is 2.35. The first-order valence-electron chi connectivity index (χ1n) is 8.13. The van der Waals surface area contributed by atoms with Crippen LogP contribution in [0.15, 0.2) is 47.8 Å². The van der Waals surface area contributed by atoms with E-state index in [0.29, 0.717) is 5.56 Å². The van der Waals surface area contributed by atoms with E-state index in [1.54, 1.807) is 38.2 Å². The lowest BCUT2D eigenvalue weighted by atomic mass is 9.83. The number of carbonyl (C=O) groups excluding carboxylic acids is 2. The SMILES string of the molecule is CCOC(=O)C1=CN(C)C=C(C(=O)OCC)C1c1ccc([N+](=O)[O-])cc1. The lowest BCUT2D eigenvalue weighted by Gasteiger charge is -2.28. The Kier molecular flexibility index (Phi) is 6.11. The van der Waals surface area contributed by atoms with Crippen LogP contribution < -0.4 is 0 Å². The summed E-state index contributed by atoms with van der Waals surface area (Å²) in [5, 5.41) is 10.9. The number of nitrogens with zero attached hydrogens (tertiary/aromatic N) is 2. The second kappa shape index (κ2) is 8.28. The third kappa shape index (κ3) is 4.08. The molecule has 1 heterocycles. The number of carbonyl (C=O) groups is 2. The van der Waals surface area contributed by atoms with Crippen LogP contribution in [0.25, 0.3) is 0 Å². The van der Waals surface area contributed by atoms with Gasteiger partial charge in [-0.15, -0.1) is 0 Å². The van der Waals surface area contributed by atoms with E-state index in [1.165, 1.54) is 24.3 Å². The first-order valence-corrected chi connectivity index (χ1v) is 8.13. The first-order chi connectivity index (χ1) is 12.4. The number of rotatable bonds is 6. The van der Waals surface area contributed by atoms with Crippen molar-refractivity contribution in [2.45, 2.75) is 19.8 Å². The molecular weight excluding hydrogens is 340 g/mol. The van der Waals surface area contributed by atoms with E-state index in [2.05, 4.69) is 0 Å². The van der Waals surface area contributed by atoms with Crippen LogP contribution in [0, 0.1) is 10.1 Å². The van der Waals surface area contributed by atoms with Crippen molar-refractivity contribution in [3.63, 3.8) is 0 Å². The van der Waals surface area contributed by atoms with E-state index in [1.807, 2.05) is 0 Å². The Balaban J connectivity index is 2.51. The quantitative estimate of drug-likeness (QED) is 0.436. The molecule has 138 valence electrons. The average Bonchev–Trinajstić information content (AvgIpc) is 2.61. The first kappa shape index (κ1) is 19.2. The van der Waals surface area contributed by atoms with Crippen molar-refractivity contribution in [3.8, 4) is 0 Å². The normalized spacial score (nSPS) is 14.3. The molecule has 0 N–H and O–H groups in total. The molecule has 0 bridgehead atoms. The van der Waals surface area contributed by atoms with Gasteiger partial charge >= 0.3 is 11.9 Å². The van der Waals surface area contributed by atoms with E-state index >= 15 is 0 Å². The van der Waals surface area contributed by atoms with E-state index < -0.39 is 22.8 Å². The van der Waals surface area contributed by atoms with Crippen molar-refractivity contribution >= 4 is 17.6 Å². The standard InChI is InChI=1S/C18H20N2O6/c1-4-25-17(21)14-10-19(3)11-15(18(22)26-5-2)16(14)12-6-8-13(9-7-12)20(23)24/h6-11,16H,4-5H2,1-3H3. The van der Waals surface area contributed by atoms with Gasteiger partial charge in [0.25, 0.3) is 5.69 Å². The van der Waals surface area contributed by atoms with Gasteiger partial charge in [-0.05, 0) is 19.4 Å². The number of ether oxygens (including phenoxy) is 2. The summed E-state index contributed by atoms with van der Waals surface area (Å²) in [6.45, 7) is 3.75. The number of hydrogen-bond acceptors (Lipinski definition) is 7. The number of hydrogen-bond donors (Lipinski definition) is 0. The second-order valence-electron chi connectivity index (χ2n) is 5.56. The monoisotopic (exact) mass is 360 g/mol. The minimum Gasteiger partial charge on any atom is -0.463 e. The molecule has 8 heteroatoms. The molecule has 0 amide bonds. The Morgan fingerprint density at radius 2 is 1.50 bits per heavy atom. The molecule has 0 aromatic heterocycles. The fourth-order valence-corrected chi connectivity index (χ4v) is 2.71. The highest BCUT2D eigenvalue weighted by molar-refractivity contribution is 5.98. The third-order valence-electron chi connectivity index (χ3n) is 3.77. The van der Waals surface area contributed by atoms with E-state index in [-0.39, 0.29) is 30.0 Å². The molecule has 0 saturated carbocycles. The van der Waals surface area contributed by atoms with Gasteiger partial charge in [0.15, 0.2) is 0 Å². The van der Waals surface area contributed by atoms with Crippen molar-refractivity contribution in [2.24, 2.45) is 0 Å². The number of non-ortho nitro benzene ring substituents is 1. The van der Waals surface area contributed by atoms with Gasteiger partial charge in [-0.3, -0.25) is 10.1 Å². The summed E-state index contributed by atoms with van der Waals surface area (Å²) in [7, 11) is 1.69. The molecule has 8 nitrogen and oxygen atoms in total. The predicted octanol–water partition coefficient (Wildman–Crippen LogP) is 2.52. The van der Waals surface area contributed by atoms with Crippen LogP contribution in [-0.2, 0) is 19.1 Å². The molecule has 0 spiro atoms. The number of esters is 2. The molecule has 1 aromatic carbocycles. The summed E-state index contributed by atoms with van der Waals surface area (Å²) in [6.07, 6.45) is 3.15. The van der Waals surface area contributed by atoms with Crippen LogP contribution in [0.4, 0.5) is 5.69 Å². The number of nitro benzene ring substituents is 1. The molecule has 26 heavy (non-hydrogen) atoms. The maximum absolute atomic E-state index is 12.4. The maximum atomic E-state index is 12.4. The lowest BCUT2D eigenvalue weighted by molar-refractivity contribution is -0.384. The van der Waals surface area contributed by atoms with Crippen LogP contribution >= 0.6 is 0 Å². The molecule has 0 unspecified atom stereocenters. The minimum absolute atomic E-state index is 0.0787. The van der Waals surface area contributed by atoms with Crippen molar-refractivity contribution in [3.05, 3.63) is 63.5 Å². The second-order valence-corrected chi connectivity index (χ2v) is 5.56. The van der Waals surface area contributed by atoms with E-state index in [4.69, 9.17) is 9.47 Å². The third-order valence-corrected chi connectivity index (χ3v) is 3.77. The van der Waals surface area contributed by atoms with Crippen LogP contribution in [0.5, 0.6) is 0 Å². The van der Waals surface area contributed by atoms with Gasteiger partial charge in [-0.25, -0.2) is 9.59 Å². The average molecular weight is 360 g/mol. The summed E-state index contributed by atoms with van der Waals surface area (Å²) in [4.78, 5) is 36.8. The van der Waals surface area contributed by atoms with Gasteiger partial charge < -0.3 is 14.4 Å². The molecule has 1 aliphatic heterocycles. The van der Waals surface area contributed by atoms with Gasteiger partial charge in [0.1, 0.15) is 0 Å². The van der Waals surface area contributed by atoms with Crippen molar-refractivity contribution < 1.29 is 24.0 Å². The zero-order valence-corrected chi connectivity index (χ0v) is 14.8. The smallest absolute Gasteiger partial charge is 0.336 e. The minimum atomic E-state index is -0.731. The molecule has 0 atom stereocenters. The van der Waals surface area contributed by atoms with Gasteiger partial charge in [0.2, 0.25) is 0 Å². The molecule has 0 aliphatic carbocycles. The van der Waals surface area contributed by atoms with Crippen molar-refractivity contribution in [1.29, 1.82) is 0 Å². The predicted molar refractivity (Wildman–Crippen MR) is 93.0 cm³/mol. The lowest BCUT2D eigenvalue weighted by Crippen LogP contribution is -2.28. The van der Waals surface area contributed by atoms with Gasteiger partial charge in [-0.1, -0.05) is 12.1 Å². The largest absolute Gasteiger partial charge is 0.463 e. The van der Waals surface area contributed by atoms with Crippen LogP contribution in [0.2, 0.25) is 0 Å². The summed E-state index contributed by atoms with van der Waals surface area (Å²) < 4.78 is 10.2. The fourth-order valence-electron chi connectivity index (χ4n) is 2.71. The van der Waals surface area contributed by atoms with Crippen molar-refractivity contribution in [2.75, 3.05) is 20.3 Å². The van der Waals surface area contributed by atoms with Gasteiger partial charge in [0, 0.05) is 31.6 Å². The molecule has 0 saturated heterocycles. The zero-order chi connectivity index (χ0) is 19.3. The zero-order valence-electron chi connectivity index (χ0n) is 14.8. The Morgan fingerprint density at radius 1 is 1.04 bits per heavy atom. The Hall–Kier alpha value is -3.16. The van der Waals surface area contributed by atoms with E-state index in [9.17, 15) is 19.7 Å². The topological polar surface area (TPSA) is 99.0 Å². The summed E-state index contributed by atoms with van der Waals surface area (Å²) >= 11 is 0. The molecular formula is C18H20N2O6. The fraction of sp³-hybridized carbons (Fsp3) is 0.333. The summed E-state index contributed by atoms with van der Waals surface area (Å²) in [5.74, 6) is -1.85. The number of nitro groups is 1. The van der Waals surface area contributed by atoms with Gasteiger partial charge in [0.05, 0.1) is 35.2 Å². The van der Waals surface area contributed by atoms with Gasteiger partial charge in [-0.2, -0.15) is 0 Å². The molecule has 1 aromatic rings. The highest BCUT2D eigenvalue weighted by atomic mass is 16.6. The molecule has 0 radical (unpaired) electrons. The Morgan fingerprint density at radius 3 is 1.88 bits per heavy atom. The molecule has 1 aliphatic rings. The Labute approximate surface area is 150 Å². The molecule has 0 fully saturated rings. The van der Waals surface area contributed by atoms with Crippen LogP contribution in [0.3, 0.4) is 0 Å². The van der Waals surface area contributed by atoms with Crippen molar-refractivity contribution in [1.82, 2.24) is 4.90 Å². The summed E-state index contributed by atoms with van der Waals surface area (Å²) in [5.41, 5.74) is 0.995. The maximum Gasteiger partial charge on any atom is 0.336 e. The van der Waals surface area contributed by atoms with E-state index in [0.717, 1.165) is 0 Å².